The van der Waals surface area contributed by atoms with Crippen LogP contribution in [-0.4, -0.2) is 33.1 Å². The fraction of sp³-hybridized carbons (Fsp3) is 0.435. The molecule has 1 aliphatic heterocycles. The largest absolute Gasteiger partial charge is 0.493 e. The number of aliphatic hydroxyl groups excluding tert-OH is 1. The van der Waals surface area contributed by atoms with Gasteiger partial charge in [-0.3, -0.25) is 4.79 Å². The highest BCUT2D eigenvalue weighted by Gasteiger charge is 2.29. The van der Waals surface area contributed by atoms with Crippen LogP contribution in [0.1, 0.15) is 61.1 Å². The van der Waals surface area contributed by atoms with E-state index >= 15 is 0 Å². The highest BCUT2D eigenvalue weighted by Crippen LogP contribution is 2.40. The third-order valence-electron chi connectivity index (χ3n) is 5.53. The molecule has 1 atom stereocenters. The molecule has 2 aromatic rings. The molecule has 1 aromatic heterocycles. The Kier molecular flexibility index (Phi) is 6.41. The van der Waals surface area contributed by atoms with Crippen LogP contribution in [0.15, 0.2) is 29.2 Å². The first kappa shape index (κ1) is 21.8. The lowest BCUT2D eigenvalue weighted by Crippen LogP contribution is -2.28. The van der Waals surface area contributed by atoms with E-state index < -0.39 is 11.4 Å². The Morgan fingerprint density at radius 2 is 2.00 bits per heavy atom. The molecule has 1 aliphatic rings. The van der Waals surface area contributed by atoms with E-state index in [9.17, 15) is 24.6 Å². The van der Waals surface area contributed by atoms with Gasteiger partial charge in [-0.2, -0.15) is 0 Å². The quantitative estimate of drug-likeness (QED) is 0.644. The van der Waals surface area contributed by atoms with Crippen molar-refractivity contribution < 1.29 is 24.5 Å². The summed E-state index contributed by atoms with van der Waals surface area (Å²) in [7, 11) is 0. The number of pyridine rings is 1. The third-order valence-corrected chi connectivity index (χ3v) is 5.53. The topological polar surface area (TPSA) is 106 Å². The number of carbonyl (C=O) groups is 2. The van der Waals surface area contributed by atoms with Gasteiger partial charge in [0.25, 0.3) is 0 Å². The maximum Gasteiger partial charge on any atom is 0.341 e. The molecular weight excluding hydrogens is 386 g/mol. The SMILES string of the molecule is CC(=O)CCCOc1cc2c(cc1CO)-c1cc(=O)c(C(=O)O)cn1[C@H](C(C)C)C2. The van der Waals surface area contributed by atoms with Crippen LogP contribution >= 0.6 is 0 Å². The summed E-state index contributed by atoms with van der Waals surface area (Å²) in [5, 5.41) is 19.2. The van der Waals surface area contributed by atoms with Crippen LogP contribution in [0.3, 0.4) is 0 Å². The molecule has 2 heterocycles. The highest BCUT2D eigenvalue weighted by atomic mass is 16.5. The number of Topliss-reactive ketones (excluding diaryl/α,β-unsaturated/α-hetero) is 1. The first-order chi connectivity index (χ1) is 14.2. The molecule has 0 fully saturated rings. The van der Waals surface area contributed by atoms with Crippen molar-refractivity contribution in [1.82, 2.24) is 4.57 Å². The first-order valence-corrected chi connectivity index (χ1v) is 10.1. The van der Waals surface area contributed by atoms with Gasteiger partial charge < -0.3 is 24.3 Å². The van der Waals surface area contributed by atoms with Gasteiger partial charge in [0, 0.05) is 35.9 Å². The number of aromatic carboxylic acids is 1. The monoisotopic (exact) mass is 413 g/mol. The van der Waals surface area contributed by atoms with Gasteiger partial charge in [0.1, 0.15) is 17.1 Å². The molecule has 0 unspecified atom stereocenters. The van der Waals surface area contributed by atoms with Crippen molar-refractivity contribution in [1.29, 1.82) is 0 Å². The molecule has 0 spiro atoms. The molecule has 3 rings (SSSR count). The average Bonchev–Trinajstić information content (AvgIpc) is 2.69. The van der Waals surface area contributed by atoms with E-state index in [1.807, 2.05) is 10.6 Å². The van der Waals surface area contributed by atoms with Crippen LogP contribution in [0.5, 0.6) is 5.75 Å². The Bertz CT molecular complexity index is 1040. The van der Waals surface area contributed by atoms with Gasteiger partial charge >= 0.3 is 5.97 Å². The number of aliphatic hydroxyl groups is 1. The summed E-state index contributed by atoms with van der Waals surface area (Å²) in [6.45, 7) is 5.79. The van der Waals surface area contributed by atoms with E-state index in [1.165, 1.54) is 12.3 Å². The zero-order chi connectivity index (χ0) is 22.0. The van der Waals surface area contributed by atoms with Crippen molar-refractivity contribution in [2.24, 2.45) is 5.92 Å². The number of nitrogens with zero attached hydrogens (tertiary/aromatic N) is 1. The molecule has 0 radical (unpaired) electrons. The molecule has 30 heavy (non-hydrogen) atoms. The number of hydrogen-bond donors (Lipinski definition) is 2. The Morgan fingerprint density at radius 1 is 1.27 bits per heavy atom. The van der Waals surface area contributed by atoms with Crippen LogP contribution < -0.4 is 10.2 Å². The molecule has 160 valence electrons. The summed E-state index contributed by atoms with van der Waals surface area (Å²) in [5.41, 5.74) is 2.21. The van der Waals surface area contributed by atoms with E-state index in [-0.39, 0.29) is 29.9 Å². The molecular formula is C23H27NO6. The molecule has 0 aliphatic carbocycles. The van der Waals surface area contributed by atoms with Gasteiger partial charge in [-0.1, -0.05) is 13.8 Å². The molecule has 0 saturated heterocycles. The Morgan fingerprint density at radius 3 is 2.60 bits per heavy atom. The van der Waals surface area contributed by atoms with Gasteiger partial charge in [0.15, 0.2) is 5.43 Å². The number of carboxylic acids is 1. The number of carbonyl (C=O) groups excluding carboxylic acids is 1. The predicted molar refractivity (Wildman–Crippen MR) is 112 cm³/mol. The maximum absolute atomic E-state index is 12.4. The Labute approximate surface area is 174 Å². The lowest BCUT2D eigenvalue weighted by Gasteiger charge is -2.34. The normalized spacial score (nSPS) is 14.9. The molecule has 7 heteroatoms. The fourth-order valence-electron chi connectivity index (χ4n) is 3.92. The maximum atomic E-state index is 12.4. The van der Waals surface area contributed by atoms with Gasteiger partial charge in [-0.05, 0) is 43.4 Å². The van der Waals surface area contributed by atoms with Crippen LogP contribution in [0.4, 0.5) is 0 Å². The minimum Gasteiger partial charge on any atom is -0.493 e. The second-order valence-corrected chi connectivity index (χ2v) is 8.09. The number of benzene rings is 1. The van der Waals surface area contributed by atoms with Gasteiger partial charge in [0.2, 0.25) is 0 Å². The van der Waals surface area contributed by atoms with Crippen molar-refractivity contribution in [2.75, 3.05) is 6.61 Å². The summed E-state index contributed by atoms with van der Waals surface area (Å²) < 4.78 is 7.71. The Balaban J connectivity index is 2.07. The van der Waals surface area contributed by atoms with E-state index in [0.717, 1.165) is 11.1 Å². The van der Waals surface area contributed by atoms with Crippen LogP contribution in [0, 0.1) is 5.92 Å². The van der Waals surface area contributed by atoms with Crippen molar-refractivity contribution in [2.45, 2.75) is 52.7 Å². The molecule has 7 nitrogen and oxygen atoms in total. The van der Waals surface area contributed by atoms with E-state index in [1.54, 1.807) is 13.0 Å². The van der Waals surface area contributed by atoms with E-state index in [2.05, 4.69) is 13.8 Å². The summed E-state index contributed by atoms with van der Waals surface area (Å²) >= 11 is 0. The smallest absolute Gasteiger partial charge is 0.341 e. The number of aromatic nitrogens is 1. The van der Waals surface area contributed by atoms with Gasteiger partial charge in [-0.25, -0.2) is 4.79 Å². The van der Waals surface area contributed by atoms with E-state index in [0.29, 0.717) is 42.9 Å². The molecule has 0 amide bonds. The van der Waals surface area contributed by atoms with Gasteiger partial charge in [-0.15, -0.1) is 0 Å². The van der Waals surface area contributed by atoms with Crippen molar-refractivity contribution >= 4 is 11.8 Å². The zero-order valence-electron chi connectivity index (χ0n) is 17.5. The van der Waals surface area contributed by atoms with Crippen LogP contribution in [0.25, 0.3) is 11.3 Å². The molecule has 1 aromatic carbocycles. The number of ether oxygens (including phenoxy) is 1. The minimum atomic E-state index is -1.24. The zero-order valence-corrected chi connectivity index (χ0v) is 17.5. The highest BCUT2D eigenvalue weighted by molar-refractivity contribution is 5.87. The third kappa shape index (κ3) is 4.31. The molecule has 0 saturated carbocycles. The lowest BCUT2D eigenvalue weighted by atomic mass is 9.86. The summed E-state index contributed by atoms with van der Waals surface area (Å²) in [4.78, 5) is 35.0. The van der Waals surface area contributed by atoms with Crippen molar-refractivity contribution in [3.63, 3.8) is 0 Å². The standard InChI is InChI=1S/C23H27NO6/c1-13(2)19-8-15-9-22(30-6-4-5-14(3)26)16(12-25)7-17(15)20-10-21(27)18(23(28)29)11-24(19)20/h7,9-11,13,19,25H,4-6,8,12H2,1-3H3,(H,28,29)/t19-/m0/s1. The fourth-order valence-corrected chi connectivity index (χ4v) is 3.92. The minimum absolute atomic E-state index is 0.0169. The predicted octanol–water partition coefficient (Wildman–Crippen LogP) is 3.21. The van der Waals surface area contributed by atoms with Crippen molar-refractivity contribution in [3.05, 3.63) is 51.3 Å². The number of fused-ring (bicyclic) bond motifs is 3. The van der Waals surface area contributed by atoms with E-state index in [4.69, 9.17) is 4.74 Å². The summed E-state index contributed by atoms with van der Waals surface area (Å²) in [5.74, 6) is -0.360. The summed E-state index contributed by atoms with van der Waals surface area (Å²) in [6, 6.07) is 5.04. The number of carboxylic acid groups (broad SMARTS) is 1. The van der Waals surface area contributed by atoms with Crippen molar-refractivity contribution in [3.8, 4) is 17.0 Å². The molecule has 2 N–H and O–H groups in total. The Hall–Kier alpha value is -2.93. The van der Waals surface area contributed by atoms with Gasteiger partial charge in [0.05, 0.1) is 18.9 Å². The number of rotatable bonds is 8. The number of hydrogen-bond acceptors (Lipinski definition) is 5. The average molecular weight is 413 g/mol. The second-order valence-electron chi connectivity index (χ2n) is 8.09. The second kappa shape index (κ2) is 8.83. The first-order valence-electron chi connectivity index (χ1n) is 10.1. The van der Waals surface area contributed by atoms with Crippen LogP contribution in [0.2, 0.25) is 0 Å². The lowest BCUT2D eigenvalue weighted by molar-refractivity contribution is -0.117. The summed E-state index contributed by atoms with van der Waals surface area (Å²) in [6.07, 6.45) is 3.12. The van der Waals surface area contributed by atoms with Crippen LogP contribution in [-0.2, 0) is 17.8 Å². The molecule has 0 bridgehead atoms. The number of ketones is 1.